The molecule has 1 saturated heterocycles. The third-order valence-corrected chi connectivity index (χ3v) is 3.71. The van der Waals surface area contributed by atoms with E-state index in [1.807, 2.05) is 24.4 Å². The number of nitrogens with zero attached hydrogens (tertiary/aromatic N) is 2. The van der Waals surface area contributed by atoms with E-state index in [0.717, 1.165) is 15.9 Å². The molecule has 2 aromatic rings. The smallest absolute Gasteiger partial charge is 0.132 e. The molecule has 0 aliphatic carbocycles. The number of rotatable bonds is 2. The standard InChI is InChI=1S/C11H12BrN3O/c12-9-8-3-1-2-4-15(8)10(14-9)11(5-13)6-16-7-11/h1-4H,5-7,13H2. The third-order valence-electron chi connectivity index (χ3n) is 3.13. The van der Waals surface area contributed by atoms with E-state index in [4.69, 9.17) is 10.5 Å². The number of hydrogen-bond acceptors (Lipinski definition) is 3. The molecule has 0 atom stereocenters. The van der Waals surface area contributed by atoms with Crippen molar-refractivity contribution in [2.24, 2.45) is 5.73 Å². The average Bonchev–Trinajstić information content (AvgIpc) is 2.58. The zero-order valence-corrected chi connectivity index (χ0v) is 10.3. The van der Waals surface area contributed by atoms with Gasteiger partial charge in [0.2, 0.25) is 0 Å². The van der Waals surface area contributed by atoms with Gasteiger partial charge in [0.25, 0.3) is 0 Å². The summed E-state index contributed by atoms with van der Waals surface area (Å²) in [6.07, 6.45) is 2.01. The van der Waals surface area contributed by atoms with Crippen LogP contribution in [0.15, 0.2) is 29.0 Å². The van der Waals surface area contributed by atoms with Crippen LogP contribution in [0.2, 0.25) is 0 Å². The molecule has 0 spiro atoms. The Labute approximate surface area is 102 Å². The molecule has 0 saturated carbocycles. The summed E-state index contributed by atoms with van der Waals surface area (Å²) < 4.78 is 8.24. The Balaban J connectivity index is 2.24. The molecule has 3 heterocycles. The van der Waals surface area contributed by atoms with Crippen LogP contribution in [0.4, 0.5) is 0 Å². The highest BCUT2D eigenvalue weighted by Gasteiger charge is 2.43. The van der Waals surface area contributed by atoms with Crippen LogP contribution in [0.5, 0.6) is 0 Å². The maximum Gasteiger partial charge on any atom is 0.132 e. The second kappa shape index (κ2) is 3.55. The van der Waals surface area contributed by atoms with Crippen LogP contribution in [-0.2, 0) is 10.2 Å². The number of aromatic nitrogens is 2. The monoisotopic (exact) mass is 281 g/mol. The van der Waals surface area contributed by atoms with Crippen molar-refractivity contribution in [1.82, 2.24) is 9.38 Å². The second-order valence-electron chi connectivity index (χ2n) is 4.16. The lowest BCUT2D eigenvalue weighted by Crippen LogP contribution is -2.53. The number of imidazole rings is 1. The molecule has 16 heavy (non-hydrogen) atoms. The van der Waals surface area contributed by atoms with Crippen molar-refractivity contribution < 1.29 is 4.74 Å². The molecule has 2 N–H and O–H groups in total. The lowest BCUT2D eigenvalue weighted by Gasteiger charge is -2.39. The molecule has 0 aromatic carbocycles. The van der Waals surface area contributed by atoms with Gasteiger partial charge in [0.15, 0.2) is 0 Å². The molecular weight excluding hydrogens is 270 g/mol. The Bertz CT molecular complexity index is 527. The van der Waals surface area contributed by atoms with Crippen LogP contribution < -0.4 is 5.73 Å². The molecular formula is C11H12BrN3O. The molecule has 4 nitrogen and oxygen atoms in total. The van der Waals surface area contributed by atoms with Crippen LogP contribution in [0.1, 0.15) is 5.82 Å². The lowest BCUT2D eigenvalue weighted by molar-refractivity contribution is -0.0596. The maximum atomic E-state index is 5.85. The first-order valence-corrected chi connectivity index (χ1v) is 5.97. The van der Waals surface area contributed by atoms with E-state index in [1.165, 1.54) is 0 Å². The van der Waals surface area contributed by atoms with Gasteiger partial charge in [0.05, 0.1) is 24.1 Å². The molecule has 1 aliphatic rings. The molecule has 0 amide bonds. The summed E-state index contributed by atoms with van der Waals surface area (Å²) in [6, 6.07) is 6.02. The molecule has 1 aliphatic heterocycles. The molecule has 3 rings (SSSR count). The van der Waals surface area contributed by atoms with Gasteiger partial charge in [0, 0.05) is 12.7 Å². The molecule has 2 aromatic heterocycles. The molecule has 5 heteroatoms. The Morgan fingerprint density at radius 1 is 1.50 bits per heavy atom. The summed E-state index contributed by atoms with van der Waals surface area (Å²) in [7, 11) is 0. The van der Waals surface area contributed by atoms with Crippen molar-refractivity contribution in [1.29, 1.82) is 0 Å². The van der Waals surface area contributed by atoms with Crippen molar-refractivity contribution in [3.63, 3.8) is 0 Å². The van der Waals surface area contributed by atoms with Crippen LogP contribution >= 0.6 is 15.9 Å². The van der Waals surface area contributed by atoms with Crippen molar-refractivity contribution in [2.75, 3.05) is 19.8 Å². The predicted octanol–water partition coefficient (Wildman–Crippen LogP) is 1.32. The first kappa shape index (κ1) is 10.3. The number of hydrogen-bond donors (Lipinski definition) is 1. The SMILES string of the molecule is NCC1(c2nc(Br)c3ccccn23)COC1. The predicted molar refractivity (Wildman–Crippen MR) is 64.4 cm³/mol. The summed E-state index contributed by atoms with van der Waals surface area (Å²) in [5, 5.41) is 0. The Hall–Kier alpha value is -0.910. The highest BCUT2D eigenvalue weighted by Crippen LogP contribution is 2.33. The van der Waals surface area contributed by atoms with E-state index in [1.54, 1.807) is 0 Å². The van der Waals surface area contributed by atoms with E-state index in [-0.39, 0.29) is 5.41 Å². The number of pyridine rings is 1. The van der Waals surface area contributed by atoms with E-state index in [9.17, 15) is 0 Å². The largest absolute Gasteiger partial charge is 0.379 e. The third kappa shape index (κ3) is 1.25. The molecule has 84 valence electrons. The summed E-state index contributed by atoms with van der Waals surface area (Å²) in [6.45, 7) is 1.88. The minimum Gasteiger partial charge on any atom is -0.379 e. The van der Waals surface area contributed by atoms with Crippen molar-refractivity contribution in [3.05, 3.63) is 34.8 Å². The lowest BCUT2D eigenvalue weighted by atomic mass is 9.85. The van der Waals surface area contributed by atoms with Crippen molar-refractivity contribution in [2.45, 2.75) is 5.41 Å². The minimum atomic E-state index is -0.115. The van der Waals surface area contributed by atoms with Gasteiger partial charge >= 0.3 is 0 Å². The highest BCUT2D eigenvalue weighted by atomic mass is 79.9. The number of nitrogens with two attached hydrogens (primary N) is 1. The van der Waals surface area contributed by atoms with Gasteiger partial charge in [-0.1, -0.05) is 6.07 Å². The number of halogens is 1. The molecule has 0 bridgehead atoms. The van der Waals surface area contributed by atoms with Gasteiger partial charge in [-0.15, -0.1) is 0 Å². The van der Waals surface area contributed by atoms with Gasteiger partial charge in [-0.2, -0.15) is 0 Å². The van der Waals surface area contributed by atoms with E-state index < -0.39 is 0 Å². The Kier molecular flexibility index (Phi) is 2.27. The number of fused-ring (bicyclic) bond motifs is 1. The van der Waals surface area contributed by atoms with E-state index in [0.29, 0.717) is 19.8 Å². The minimum absolute atomic E-state index is 0.115. The fraction of sp³-hybridized carbons (Fsp3) is 0.364. The zero-order valence-electron chi connectivity index (χ0n) is 8.69. The summed E-state index contributed by atoms with van der Waals surface area (Å²) in [4.78, 5) is 4.57. The highest BCUT2D eigenvalue weighted by molar-refractivity contribution is 9.10. The van der Waals surface area contributed by atoms with Gasteiger partial charge in [-0.05, 0) is 28.1 Å². The second-order valence-corrected chi connectivity index (χ2v) is 4.91. The van der Waals surface area contributed by atoms with Gasteiger partial charge in [-0.3, -0.25) is 0 Å². The average molecular weight is 282 g/mol. The quantitative estimate of drug-likeness (QED) is 0.904. The first-order chi connectivity index (χ1) is 7.77. The van der Waals surface area contributed by atoms with Gasteiger partial charge in [0.1, 0.15) is 10.4 Å². The van der Waals surface area contributed by atoms with E-state index in [2.05, 4.69) is 25.3 Å². The van der Waals surface area contributed by atoms with Crippen LogP contribution in [-0.4, -0.2) is 29.1 Å². The van der Waals surface area contributed by atoms with Crippen molar-refractivity contribution in [3.8, 4) is 0 Å². The first-order valence-electron chi connectivity index (χ1n) is 5.18. The molecule has 1 fully saturated rings. The van der Waals surface area contributed by atoms with Gasteiger partial charge in [-0.25, -0.2) is 4.98 Å². The maximum absolute atomic E-state index is 5.85. The fourth-order valence-corrected chi connectivity index (χ4v) is 2.55. The van der Waals surface area contributed by atoms with E-state index >= 15 is 0 Å². The summed E-state index contributed by atoms with van der Waals surface area (Å²) >= 11 is 3.48. The Morgan fingerprint density at radius 3 is 2.94 bits per heavy atom. The van der Waals surface area contributed by atoms with Crippen LogP contribution in [0.25, 0.3) is 5.52 Å². The molecule has 0 radical (unpaired) electrons. The fourth-order valence-electron chi connectivity index (χ4n) is 2.06. The topological polar surface area (TPSA) is 52.5 Å². The van der Waals surface area contributed by atoms with Crippen LogP contribution in [0, 0.1) is 0 Å². The molecule has 0 unspecified atom stereocenters. The number of ether oxygens (including phenoxy) is 1. The summed E-state index contributed by atoms with van der Waals surface area (Å²) in [5.74, 6) is 0.990. The normalized spacial score (nSPS) is 18.6. The van der Waals surface area contributed by atoms with Gasteiger partial charge < -0.3 is 14.9 Å². The summed E-state index contributed by atoms with van der Waals surface area (Å²) in [5.41, 5.74) is 6.80. The zero-order chi connectivity index (χ0) is 11.2. The van der Waals surface area contributed by atoms with Crippen molar-refractivity contribution >= 4 is 21.4 Å². The Morgan fingerprint density at radius 2 is 2.31 bits per heavy atom. The van der Waals surface area contributed by atoms with Crippen LogP contribution in [0.3, 0.4) is 0 Å².